The molecular formula is C27H27N3O2. The standard InChI is InChI=1S/C27H27N3O2/c1-18(2)14-24-27(28-17-25(29-24)21-10-12-23(32-3)13-11-21)30-26(31)16-19-8-9-20-6-4-5-7-22(20)15-19/h4-13,15,17-18H,14,16H2,1-3H3,(H,28,30,31). The van der Waals surface area contributed by atoms with Crippen LogP contribution in [-0.2, 0) is 17.6 Å². The van der Waals surface area contributed by atoms with Gasteiger partial charge >= 0.3 is 0 Å². The van der Waals surface area contributed by atoms with Crippen LogP contribution in [0.4, 0.5) is 5.82 Å². The summed E-state index contributed by atoms with van der Waals surface area (Å²) in [6.07, 6.45) is 2.72. The Morgan fingerprint density at radius 1 is 1.00 bits per heavy atom. The van der Waals surface area contributed by atoms with E-state index < -0.39 is 0 Å². The quantitative estimate of drug-likeness (QED) is 0.413. The van der Waals surface area contributed by atoms with Gasteiger partial charge in [0.2, 0.25) is 5.91 Å². The lowest BCUT2D eigenvalue weighted by Gasteiger charge is -2.13. The number of carbonyl (C=O) groups is 1. The van der Waals surface area contributed by atoms with Crippen molar-refractivity contribution in [3.05, 3.63) is 84.2 Å². The van der Waals surface area contributed by atoms with E-state index in [0.29, 0.717) is 11.7 Å². The Bertz CT molecular complexity index is 1230. The van der Waals surface area contributed by atoms with E-state index in [-0.39, 0.29) is 12.3 Å². The number of hydrogen-bond acceptors (Lipinski definition) is 4. The third kappa shape index (κ3) is 5.11. The smallest absolute Gasteiger partial charge is 0.229 e. The third-order valence-corrected chi connectivity index (χ3v) is 5.27. The van der Waals surface area contributed by atoms with Gasteiger partial charge in [0.1, 0.15) is 5.75 Å². The zero-order valence-corrected chi connectivity index (χ0v) is 18.6. The minimum absolute atomic E-state index is 0.100. The average molecular weight is 426 g/mol. The summed E-state index contributed by atoms with van der Waals surface area (Å²) >= 11 is 0. The predicted molar refractivity (Wildman–Crippen MR) is 129 cm³/mol. The minimum Gasteiger partial charge on any atom is -0.497 e. The van der Waals surface area contributed by atoms with E-state index in [1.807, 2.05) is 48.5 Å². The molecule has 0 bridgehead atoms. The van der Waals surface area contributed by atoms with Gasteiger partial charge in [0.15, 0.2) is 5.82 Å². The third-order valence-electron chi connectivity index (χ3n) is 5.27. The van der Waals surface area contributed by atoms with E-state index in [1.54, 1.807) is 13.3 Å². The predicted octanol–water partition coefficient (Wildman–Crippen LogP) is 5.69. The number of nitrogens with zero attached hydrogens (tertiary/aromatic N) is 2. The molecule has 5 heteroatoms. The van der Waals surface area contributed by atoms with Crippen molar-refractivity contribution >= 4 is 22.5 Å². The minimum atomic E-state index is -0.100. The Balaban J connectivity index is 1.54. The maximum absolute atomic E-state index is 12.8. The number of amides is 1. The summed E-state index contributed by atoms with van der Waals surface area (Å²) in [5.74, 6) is 1.60. The number of anilines is 1. The van der Waals surface area contributed by atoms with Crippen LogP contribution >= 0.6 is 0 Å². The number of hydrogen-bond donors (Lipinski definition) is 1. The molecule has 1 amide bonds. The second-order valence-electron chi connectivity index (χ2n) is 8.28. The van der Waals surface area contributed by atoms with Crippen molar-refractivity contribution < 1.29 is 9.53 Å². The molecular weight excluding hydrogens is 398 g/mol. The van der Waals surface area contributed by atoms with Crippen molar-refractivity contribution in [1.82, 2.24) is 9.97 Å². The summed E-state index contributed by atoms with van der Waals surface area (Å²) in [4.78, 5) is 22.2. The van der Waals surface area contributed by atoms with Crippen LogP contribution in [0.25, 0.3) is 22.0 Å². The molecule has 3 aromatic carbocycles. The topological polar surface area (TPSA) is 64.1 Å². The summed E-state index contributed by atoms with van der Waals surface area (Å²) in [7, 11) is 1.64. The van der Waals surface area contributed by atoms with Crippen LogP contribution in [0.2, 0.25) is 0 Å². The second kappa shape index (κ2) is 9.60. The van der Waals surface area contributed by atoms with Gasteiger partial charge in [-0.3, -0.25) is 4.79 Å². The fraction of sp³-hybridized carbons (Fsp3) is 0.222. The van der Waals surface area contributed by atoms with Crippen molar-refractivity contribution in [2.24, 2.45) is 5.92 Å². The molecule has 0 aliphatic rings. The van der Waals surface area contributed by atoms with E-state index >= 15 is 0 Å². The normalized spacial score (nSPS) is 11.0. The van der Waals surface area contributed by atoms with Gasteiger partial charge in [0, 0.05) is 5.56 Å². The van der Waals surface area contributed by atoms with E-state index in [0.717, 1.165) is 45.5 Å². The Morgan fingerprint density at radius 3 is 2.47 bits per heavy atom. The first-order valence-electron chi connectivity index (χ1n) is 10.8. The number of methoxy groups -OCH3 is 1. The van der Waals surface area contributed by atoms with Gasteiger partial charge in [-0.2, -0.15) is 0 Å². The lowest BCUT2D eigenvalue weighted by Crippen LogP contribution is -2.18. The molecule has 32 heavy (non-hydrogen) atoms. The van der Waals surface area contributed by atoms with Gasteiger partial charge in [0.05, 0.1) is 31.1 Å². The lowest BCUT2D eigenvalue weighted by molar-refractivity contribution is -0.115. The van der Waals surface area contributed by atoms with Crippen LogP contribution in [-0.4, -0.2) is 23.0 Å². The first-order valence-corrected chi connectivity index (χ1v) is 10.8. The van der Waals surface area contributed by atoms with Gasteiger partial charge < -0.3 is 10.1 Å². The van der Waals surface area contributed by atoms with Crippen LogP contribution in [0.3, 0.4) is 0 Å². The Labute approximate surface area is 188 Å². The van der Waals surface area contributed by atoms with Crippen molar-refractivity contribution in [3.8, 4) is 17.0 Å². The largest absolute Gasteiger partial charge is 0.497 e. The molecule has 0 spiro atoms. The number of rotatable bonds is 7. The molecule has 1 heterocycles. The van der Waals surface area contributed by atoms with Gasteiger partial charge in [0.25, 0.3) is 0 Å². The molecule has 1 aromatic heterocycles. The van der Waals surface area contributed by atoms with Crippen LogP contribution < -0.4 is 10.1 Å². The van der Waals surface area contributed by atoms with Crippen LogP contribution in [0.1, 0.15) is 25.1 Å². The molecule has 0 saturated carbocycles. The molecule has 5 nitrogen and oxygen atoms in total. The van der Waals surface area contributed by atoms with E-state index in [9.17, 15) is 4.79 Å². The van der Waals surface area contributed by atoms with Gasteiger partial charge in [-0.05, 0) is 52.9 Å². The average Bonchev–Trinajstić information content (AvgIpc) is 2.80. The van der Waals surface area contributed by atoms with Gasteiger partial charge in [-0.1, -0.05) is 56.3 Å². The summed E-state index contributed by atoms with van der Waals surface area (Å²) in [5.41, 5.74) is 3.49. The van der Waals surface area contributed by atoms with E-state index in [4.69, 9.17) is 9.72 Å². The van der Waals surface area contributed by atoms with Crippen LogP contribution in [0, 0.1) is 5.92 Å². The molecule has 4 aromatic rings. The maximum atomic E-state index is 12.8. The Hall–Kier alpha value is -3.73. The van der Waals surface area contributed by atoms with Crippen LogP contribution in [0.5, 0.6) is 5.75 Å². The molecule has 0 radical (unpaired) electrons. The highest BCUT2D eigenvalue weighted by Gasteiger charge is 2.14. The first-order chi connectivity index (χ1) is 15.5. The van der Waals surface area contributed by atoms with E-state index in [1.165, 1.54) is 0 Å². The molecule has 0 fully saturated rings. The molecule has 0 saturated heterocycles. The number of benzene rings is 3. The molecule has 162 valence electrons. The number of ether oxygens (including phenoxy) is 1. The Kier molecular flexibility index (Phi) is 6.45. The van der Waals surface area contributed by atoms with E-state index in [2.05, 4.69) is 42.3 Å². The highest BCUT2D eigenvalue weighted by molar-refractivity contribution is 5.93. The highest BCUT2D eigenvalue weighted by Crippen LogP contribution is 2.24. The van der Waals surface area contributed by atoms with Gasteiger partial charge in [-0.15, -0.1) is 0 Å². The van der Waals surface area contributed by atoms with Crippen molar-refractivity contribution in [3.63, 3.8) is 0 Å². The molecule has 0 aliphatic carbocycles. The fourth-order valence-electron chi connectivity index (χ4n) is 3.67. The summed E-state index contributed by atoms with van der Waals surface area (Å²) < 4.78 is 5.23. The van der Waals surface area contributed by atoms with Crippen molar-refractivity contribution in [2.45, 2.75) is 26.7 Å². The van der Waals surface area contributed by atoms with Gasteiger partial charge in [-0.25, -0.2) is 9.97 Å². The fourth-order valence-corrected chi connectivity index (χ4v) is 3.67. The zero-order valence-electron chi connectivity index (χ0n) is 18.6. The number of carbonyl (C=O) groups excluding carboxylic acids is 1. The second-order valence-corrected chi connectivity index (χ2v) is 8.28. The Morgan fingerprint density at radius 2 is 1.75 bits per heavy atom. The molecule has 1 N–H and O–H groups in total. The summed E-state index contributed by atoms with van der Waals surface area (Å²) in [5, 5.41) is 5.27. The highest BCUT2D eigenvalue weighted by atomic mass is 16.5. The van der Waals surface area contributed by atoms with Crippen molar-refractivity contribution in [1.29, 1.82) is 0 Å². The van der Waals surface area contributed by atoms with Crippen LogP contribution in [0.15, 0.2) is 72.9 Å². The number of nitrogens with one attached hydrogen (secondary N) is 1. The molecule has 4 rings (SSSR count). The molecule has 0 atom stereocenters. The summed E-state index contributed by atoms with van der Waals surface area (Å²) in [6, 6.07) is 22.0. The van der Waals surface area contributed by atoms with Crippen molar-refractivity contribution in [2.75, 3.05) is 12.4 Å². The maximum Gasteiger partial charge on any atom is 0.229 e. The number of fused-ring (bicyclic) bond motifs is 1. The SMILES string of the molecule is COc1ccc(-c2cnc(NC(=O)Cc3ccc4ccccc4c3)c(CC(C)C)n2)cc1. The lowest BCUT2D eigenvalue weighted by atomic mass is 10.0. The molecule has 0 unspecified atom stereocenters. The number of aromatic nitrogens is 2. The first kappa shape index (κ1) is 21.5. The molecule has 0 aliphatic heterocycles. The zero-order chi connectivity index (χ0) is 22.5. The summed E-state index contributed by atoms with van der Waals surface area (Å²) in [6.45, 7) is 4.25. The monoisotopic (exact) mass is 425 g/mol.